The third-order valence-electron chi connectivity index (χ3n) is 5.55. The van der Waals surface area contributed by atoms with E-state index in [0.29, 0.717) is 18.4 Å². The van der Waals surface area contributed by atoms with Gasteiger partial charge in [-0.2, -0.15) is 13.2 Å². The standard InChI is InChI=1S/C26H19F7S/c1-2-3-18-11-16-7-6-14(10-23(16)34-18)4-5-15-8-19(27)24(20(28)9-15)17-12-21(29)25(22(30)13-17)26(31,32)33/h6-13H,2-5H2,1H3. The van der Waals surface area contributed by atoms with Crippen molar-refractivity contribution in [2.45, 2.75) is 38.8 Å². The second kappa shape index (κ2) is 9.41. The maximum Gasteiger partial charge on any atom is 0.422 e. The molecule has 0 aliphatic rings. The van der Waals surface area contributed by atoms with Crippen LogP contribution in [0.1, 0.15) is 34.9 Å². The Labute approximate surface area is 195 Å². The molecule has 0 saturated carbocycles. The highest BCUT2D eigenvalue weighted by atomic mass is 32.1. The van der Waals surface area contributed by atoms with Gasteiger partial charge in [0.25, 0.3) is 0 Å². The maximum absolute atomic E-state index is 14.7. The van der Waals surface area contributed by atoms with Crippen molar-refractivity contribution in [3.05, 3.63) is 93.4 Å². The third-order valence-corrected chi connectivity index (χ3v) is 6.71. The highest BCUT2D eigenvalue weighted by Gasteiger charge is 2.38. The lowest BCUT2D eigenvalue weighted by molar-refractivity contribution is -0.142. The number of halogens is 7. The molecule has 0 aliphatic heterocycles. The molecule has 3 aromatic carbocycles. The van der Waals surface area contributed by atoms with Gasteiger partial charge in [0.1, 0.15) is 28.8 Å². The van der Waals surface area contributed by atoms with Gasteiger partial charge < -0.3 is 0 Å². The molecule has 178 valence electrons. The number of fused-ring (bicyclic) bond motifs is 1. The van der Waals surface area contributed by atoms with E-state index in [-0.39, 0.29) is 12.1 Å². The molecule has 1 heterocycles. The van der Waals surface area contributed by atoms with E-state index in [0.717, 1.165) is 40.6 Å². The summed E-state index contributed by atoms with van der Waals surface area (Å²) in [6.45, 7) is 2.11. The Hall–Kier alpha value is -2.87. The van der Waals surface area contributed by atoms with Crippen molar-refractivity contribution in [3.8, 4) is 11.1 Å². The fraction of sp³-hybridized carbons (Fsp3) is 0.231. The number of aryl methyl sites for hydroxylation is 3. The van der Waals surface area contributed by atoms with Crippen molar-refractivity contribution in [1.29, 1.82) is 0 Å². The first kappa shape index (κ1) is 24.3. The number of hydrogen-bond acceptors (Lipinski definition) is 1. The lowest BCUT2D eigenvalue weighted by Crippen LogP contribution is -2.11. The zero-order chi connectivity index (χ0) is 24.6. The smallest absolute Gasteiger partial charge is 0.206 e. The van der Waals surface area contributed by atoms with Gasteiger partial charge in [-0.3, -0.25) is 0 Å². The van der Waals surface area contributed by atoms with Crippen molar-refractivity contribution < 1.29 is 30.7 Å². The average molecular weight is 496 g/mol. The van der Waals surface area contributed by atoms with Crippen molar-refractivity contribution >= 4 is 21.4 Å². The molecule has 0 amide bonds. The highest BCUT2D eigenvalue weighted by molar-refractivity contribution is 7.19. The van der Waals surface area contributed by atoms with Crippen LogP contribution in [0.2, 0.25) is 0 Å². The van der Waals surface area contributed by atoms with Gasteiger partial charge in [-0.05, 0) is 77.7 Å². The van der Waals surface area contributed by atoms with E-state index in [9.17, 15) is 30.7 Å². The SMILES string of the molecule is CCCc1cc2ccc(CCc3cc(F)c(-c4cc(F)c(C(F)(F)F)c(F)c4)c(F)c3)cc2s1. The molecule has 34 heavy (non-hydrogen) atoms. The number of hydrogen-bond donors (Lipinski definition) is 0. The van der Waals surface area contributed by atoms with Crippen LogP contribution in [-0.4, -0.2) is 0 Å². The van der Waals surface area contributed by atoms with Gasteiger partial charge in [0.15, 0.2) is 0 Å². The summed E-state index contributed by atoms with van der Waals surface area (Å²) in [5, 5.41) is 1.15. The monoisotopic (exact) mass is 496 g/mol. The molecule has 0 unspecified atom stereocenters. The van der Waals surface area contributed by atoms with Crippen LogP contribution < -0.4 is 0 Å². The fourth-order valence-electron chi connectivity index (χ4n) is 3.98. The van der Waals surface area contributed by atoms with Crippen LogP contribution >= 0.6 is 11.3 Å². The molecule has 0 nitrogen and oxygen atoms in total. The zero-order valence-electron chi connectivity index (χ0n) is 18.0. The van der Waals surface area contributed by atoms with Crippen LogP contribution in [0.15, 0.2) is 48.5 Å². The molecule has 0 bridgehead atoms. The predicted octanol–water partition coefficient (Wildman–Crippen LogP) is 8.88. The molecule has 4 aromatic rings. The van der Waals surface area contributed by atoms with Crippen LogP contribution in [0.3, 0.4) is 0 Å². The molecule has 8 heteroatoms. The zero-order valence-corrected chi connectivity index (χ0v) is 18.8. The Balaban J connectivity index is 1.57. The van der Waals surface area contributed by atoms with Crippen LogP contribution in [0.25, 0.3) is 21.2 Å². The van der Waals surface area contributed by atoms with Crippen LogP contribution in [0.4, 0.5) is 30.7 Å². The van der Waals surface area contributed by atoms with Gasteiger partial charge in [-0.15, -0.1) is 11.3 Å². The van der Waals surface area contributed by atoms with Crippen LogP contribution in [0, 0.1) is 23.3 Å². The van der Waals surface area contributed by atoms with E-state index in [1.165, 1.54) is 4.88 Å². The van der Waals surface area contributed by atoms with Crippen molar-refractivity contribution in [2.75, 3.05) is 0 Å². The Morgan fingerprint density at radius 2 is 1.32 bits per heavy atom. The van der Waals surface area contributed by atoms with Gasteiger partial charge in [0.05, 0.1) is 5.56 Å². The predicted molar refractivity (Wildman–Crippen MR) is 120 cm³/mol. The molecule has 0 spiro atoms. The normalized spacial score (nSPS) is 12.0. The number of rotatable bonds is 6. The molecule has 0 saturated heterocycles. The first-order chi connectivity index (χ1) is 16.1. The fourth-order valence-corrected chi connectivity index (χ4v) is 5.21. The summed E-state index contributed by atoms with van der Waals surface area (Å²) in [6, 6.07) is 10.8. The minimum Gasteiger partial charge on any atom is -0.206 e. The van der Waals surface area contributed by atoms with Crippen LogP contribution in [-0.2, 0) is 25.4 Å². The molecular weight excluding hydrogens is 477 g/mol. The Morgan fingerprint density at radius 1 is 0.706 bits per heavy atom. The Bertz CT molecular complexity index is 1310. The van der Waals surface area contributed by atoms with E-state index < -0.39 is 46.1 Å². The molecule has 4 rings (SSSR count). The summed E-state index contributed by atoms with van der Waals surface area (Å²) in [4.78, 5) is 1.30. The number of alkyl halides is 3. The highest BCUT2D eigenvalue weighted by Crippen LogP contribution is 2.37. The van der Waals surface area contributed by atoms with E-state index in [4.69, 9.17) is 0 Å². The lowest BCUT2D eigenvalue weighted by atomic mass is 9.97. The molecule has 0 atom stereocenters. The first-order valence-electron chi connectivity index (χ1n) is 10.6. The molecule has 0 N–H and O–H groups in total. The number of benzene rings is 3. The molecule has 1 aromatic heterocycles. The summed E-state index contributed by atoms with van der Waals surface area (Å²) in [7, 11) is 0. The Morgan fingerprint density at radius 3 is 1.91 bits per heavy atom. The molecule has 0 aliphatic carbocycles. The van der Waals surface area contributed by atoms with Gasteiger partial charge in [0.2, 0.25) is 0 Å². The summed E-state index contributed by atoms with van der Waals surface area (Å²) >= 11 is 1.72. The van der Waals surface area contributed by atoms with E-state index in [1.54, 1.807) is 11.3 Å². The summed E-state index contributed by atoms with van der Waals surface area (Å²) in [5.74, 6) is -6.08. The molecule has 0 radical (unpaired) electrons. The topological polar surface area (TPSA) is 0 Å². The number of thiophene rings is 1. The average Bonchev–Trinajstić information content (AvgIpc) is 3.12. The van der Waals surface area contributed by atoms with Gasteiger partial charge in [0, 0.05) is 9.58 Å². The summed E-state index contributed by atoms with van der Waals surface area (Å²) < 4.78 is 96.6. The van der Waals surface area contributed by atoms with Crippen LogP contribution in [0.5, 0.6) is 0 Å². The van der Waals surface area contributed by atoms with Crippen molar-refractivity contribution in [2.24, 2.45) is 0 Å². The minimum absolute atomic E-state index is 0.288. The van der Waals surface area contributed by atoms with Crippen molar-refractivity contribution in [1.82, 2.24) is 0 Å². The van der Waals surface area contributed by atoms with E-state index in [1.807, 2.05) is 18.2 Å². The van der Waals surface area contributed by atoms with Gasteiger partial charge in [-0.1, -0.05) is 25.5 Å². The van der Waals surface area contributed by atoms with Crippen molar-refractivity contribution in [3.63, 3.8) is 0 Å². The maximum atomic E-state index is 14.7. The molecular formula is C26H19F7S. The second-order valence-electron chi connectivity index (χ2n) is 8.08. The first-order valence-corrected chi connectivity index (χ1v) is 11.4. The van der Waals surface area contributed by atoms with E-state index >= 15 is 0 Å². The minimum atomic E-state index is -5.27. The van der Waals surface area contributed by atoms with Gasteiger partial charge >= 0.3 is 6.18 Å². The third kappa shape index (κ3) is 4.97. The largest absolute Gasteiger partial charge is 0.422 e. The quantitative estimate of drug-likeness (QED) is 0.234. The lowest BCUT2D eigenvalue weighted by Gasteiger charge is -2.13. The molecule has 0 fully saturated rings. The summed E-state index contributed by atoms with van der Waals surface area (Å²) in [5.41, 5.74) is -2.20. The van der Waals surface area contributed by atoms with Gasteiger partial charge in [-0.25, -0.2) is 17.6 Å². The Kier molecular flexibility index (Phi) is 6.71. The van der Waals surface area contributed by atoms with E-state index in [2.05, 4.69) is 13.0 Å². The summed E-state index contributed by atoms with van der Waals surface area (Å²) in [6.07, 6.45) is -2.39. The second-order valence-corrected chi connectivity index (χ2v) is 9.25.